The average Bonchev–Trinajstić information content (AvgIpc) is 3.28. The van der Waals surface area contributed by atoms with Gasteiger partial charge in [0.25, 0.3) is 0 Å². The maximum absolute atomic E-state index is 14.4. The number of phenolic OH excluding ortho intramolecular Hbond substituents is 4. The molecule has 0 bridgehead atoms. The zero-order chi connectivity index (χ0) is 47.0. The number of benzene rings is 3. The van der Waals surface area contributed by atoms with Crippen molar-refractivity contribution in [2.75, 3.05) is 13.2 Å². The van der Waals surface area contributed by atoms with Crippen LogP contribution < -0.4 is 14.9 Å². The standard InChI is InChI=1S/C42H46O23/c1-15-28(49)34(55)39(65-41-36(57)33(54)30(51)25(63-41)14-58-26(48)9-4-16-2-6-18(44)7-3-16)42(59-15)64-38-31(52)27-22(47)11-19(60-40-35(56)32(53)29(50)24(13-43)62-40)12-23(27)61-37(38)17-5-8-20(45)21(46)10-17/h2-12,15,24-25,28-30,32-36,39-47,49-51,53-57H,13-14H2,1H3/b9-4+/t15?,24-,25?,28-,29+,30+,32?,33?,34?,35?,36+,39-,40+,41-,42-/m0/s1. The number of ether oxygens (including phenoxy) is 7. The van der Waals surface area contributed by atoms with Crippen molar-refractivity contribution in [3.05, 3.63) is 76.5 Å². The molecule has 352 valence electrons. The number of esters is 1. The summed E-state index contributed by atoms with van der Waals surface area (Å²) in [6.07, 6.45) is -24.4. The van der Waals surface area contributed by atoms with Gasteiger partial charge in [0.1, 0.15) is 95.9 Å². The Morgan fingerprint density at radius 2 is 1.34 bits per heavy atom. The first-order chi connectivity index (χ1) is 30.9. The van der Waals surface area contributed by atoms with Crippen molar-refractivity contribution < 1.29 is 109 Å². The molecule has 4 heterocycles. The number of carbonyl (C=O) groups is 1. The van der Waals surface area contributed by atoms with Gasteiger partial charge < -0.3 is 104 Å². The molecule has 6 unspecified atom stereocenters. The Morgan fingerprint density at radius 1 is 0.677 bits per heavy atom. The van der Waals surface area contributed by atoms with E-state index < -0.39 is 156 Å². The molecule has 15 atom stereocenters. The summed E-state index contributed by atoms with van der Waals surface area (Å²) in [5, 5.41) is 136. The van der Waals surface area contributed by atoms with E-state index >= 15 is 0 Å². The Bertz CT molecular complexity index is 2400. The van der Waals surface area contributed by atoms with Crippen molar-refractivity contribution in [1.82, 2.24) is 0 Å². The van der Waals surface area contributed by atoms with E-state index in [1.807, 2.05) is 0 Å². The summed E-state index contributed by atoms with van der Waals surface area (Å²) < 4.78 is 45.6. The summed E-state index contributed by atoms with van der Waals surface area (Å²) in [5.41, 5.74) is -1.19. The summed E-state index contributed by atoms with van der Waals surface area (Å²) in [6.45, 7) is -0.163. The van der Waals surface area contributed by atoms with E-state index in [4.69, 9.17) is 37.6 Å². The predicted molar refractivity (Wildman–Crippen MR) is 214 cm³/mol. The molecule has 0 spiro atoms. The molecule has 23 heteroatoms. The van der Waals surface area contributed by atoms with Gasteiger partial charge in [0, 0.05) is 23.8 Å². The highest BCUT2D eigenvalue weighted by Crippen LogP contribution is 2.41. The molecule has 3 aromatic carbocycles. The minimum absolute atomic E-state index is 0.000991. The van der Waals surface area contributed by atoms with E-state index in [-0.39, 0.29) is 17.1 Å². The van der Waals surface area contributed by atoms with Crippen LogP contribution in [0, 0.1) is 0 Å². The molecule has 3 saturated heterocycles. The van der Waals surface area contributed by atoms with Crippen LogP contribution in [0.4, 0.5) is 0 Å². The molecule has 4 aromatic rings. The lowest BCUT2D eigenvalue weighted by molar-refractivity contribution is -0.355. The first-order valence-corrected chi connectivity index (χ1v) is 19.9. The van der Waals surface area contributed by atoms with Gasteiger partial charge in [-0.1, -0.05) is 12.1 Å². The van der Waals surface area contributed by atoms with Gasteiger partial charge in [-0.05, 0) is 48.9 Å². The van der Waals surface area contributed by atoms with Gasteiger partial charge in [-0.25, -0.2) is 4.79 Å². The highest BCUT2D eigenvalue weighted by Gasteiger charge is 2.51. The van der Waals surface area contributed by atoms with Crippen LogP contribution in [0.25, 0.3) is 28.4 Å². The maximum atomic E-state index is 14.4. The molecule has 13 N–H and O–H groups in total. The topological polar surface area (TPSA) is 375 Å². The van der Waals surface area contributed by atoms with Gasteiger partial charge in [0.05, 0.1) is 12.7 Å². The van der Waals surface area contributed by atoms with Gasteiger partial charge in [-0.15, -0.1) is 0 Å². The van der Waals surface area contributed by atoms with Gasteiger partial charge in [0.15, 0.2) is 29.7 Å². The molecule has 0 amide bonds. The van der Waals surface area contributed by atoms with Crippen LogP contribution in [0.2, 0.25) is 0 Å². The SMILES string of the molecule is CC1O[C@@H](Oc2c(-c3ccc(O)c(O)c3)oc3cc(O[C@@H]4O[C@@H](CO)[C@@H](O)C(O)C4O)cc(O)c3c2=O)[C@@H](O[C@@H]2OC(COC(=O)/C=C/c3ccc(O)cc3)[C@@H](O)C(O)[C@H]2O)C(O)[C@H]1O. The Labute approximate surface area is 365 Å². The van der Waals surface area contributed by atoms with Crippen LogP contribution in [0.3, 0.4) is 0 Å². The van der Waals surface area contributed by atoms with Gasteiger partial charge >= 0.3 is 5.97 Å². The highest BCUT2D eigenvalue weighted by molar-refractivity contribution is 5.89. The predicted octanol–water partition coefficient (Wildman–Crippen LogP) is -2.24. The van der Waals surface area contributed by atoms with Crippen molar-refractivity contribution in [2.45, 2.75) is 99.0 Å². The van der Waals surface area contributed by atoms with E-state index in [0.717, 1.165) is 30.3 Å². The van der Waals surface area contributed by atoms with Gasteiger partial charge in [-0.3, -0.25) is 4.79 Å². The minimum atomic E-state index is -2.06. The summed E-state index contributed by atoms with van der Waals surface area (Å²) >= 11 is 0. The van der Waals surface area contributed by atoms with E-state index in [2.05, 4.69) is 0 Å². The third-order valence-electron chi connectivity index (χ3n) is 10.9. The van der Waals surface area contributed by atoms with Crippen LogP contribution in [0.15, 0.2) is 69.9 Å². The second-order valence-corrected chi connectivity index (χ2v) is 15.4. The third kappa shape index (κ3) is 9.83. The first-order valence-electron chi connectivity index (χ1n) is 19.9. The fourth-order valence-corrected chi connectivity index (χ4v) is 7.23. The average molecular weight is 919 g/mol. The van der Waals surface area contributed by atoms with Crippen LogP contribution in [0.5, 0.6) is 34.5 Å². The molecule has 1 aromatic heterocycles. The second-order valence-electron chi connectivity index (χ2n) is 15.4. The molecule has 7 rings (SSSR count). The maximum Gasteiger partial charge on any atom is 0.330 e. The Hall–Kier alpha value is -5.64. The fourth-order valence-electron chi connectivity index (χ4n) is 7.23. The van der Waals surface area contributed by atoms with Gasteiger partial charge in [0.2, 0.25) is 23.8 Å². The zero-order valence-corrected chi connectivity index (χ0v) is 33.8. The van der Waals surface area contributed by atoms with E-state index in [1.54, 1.807) is 0 Å². The summed E-state index contributed by atoms with van der Waals surface area (Å²) in [6, 6.07) is 10.9. The van der Waals surface area contributed by atoms with E-state index in [0.29, 0.717) is 5.56 Å². The normalized spacial score (nSPS) is 32.9. The molecule has 0 saturated carbocycles. The number of fused-ring (bicyclic) bond motifs is 1. The van der Waals surface area contributed by atoms with Crippen LogP contribution in [-0.2, 0) is 28.5 Å². The number of aliphatic hydroxyl groups is 9. The molecule has 65 heavy (non-hydrogen) atoms. The van der Waals surface area contributed by atoms with E-state index in [9.17, 15) is 76.0 Å². The fraction of sp³-hybridized carbons (Fsp3) is 0.429. The number of carbonyl (C=O) groups excluding carboxylic acids is 1. The molecular weight excluding hydrogens is 872 g/mol. The molecule has 23 nitrogen and oxygen atoms in total. The number of aromatic hydroxyl groups is 4. The van der Waals surface area contributed by atoms with Gasteiger partial charge in [-0.2, -0.15) is 0 Å². The highest BCUT2D eigenvalue weighted by atomic mass is 16.8. The van der Waals surface area contributed by atoms with Crippen molar-refractivity contribution in [2.24, 2.45) is 0 Å². The molecule has 3 fully saturated rings. The Morgan fingerprint density at radius 3 is 2.02 bits per heavy atom. The van der Waals surface area contributed by atoms with Crippen molar-refractivity contribution in [1.29, 1.82) is 0 Å². The molecular formula is C42H46O23. The monoisotopic (exact) mass is 918 g/mol. The van der Waals surface area contributed by atoms with Crippen molar-refractivity contribution >= 4 is 23.0 Å². The number of hydrogen-bond donors (Lipinski definition) is 13. The van der Waals surface area contributed by atoms with E-state index in [1.165, 1.54) is 43.3 Å². The number of phenols is 4. The lowest BCUT2D eigenvalue weighted by Crippen LogP contribution is -2.64. The number of aliphatic hydroxyl groups excluding tert-OH is 9. The lowest BCUT2D eigenvalue weighted by atomic mass is 9.97. The molecule has 3 aliphatic heterocycles. The third-order valence-corrected chi connectivity index (χ3v) is 10.9. The molecule has 0 radical (unpaired) electrons. The largest absolute Gasteiger partial charge is 0.508 e. The quantitative estimate of drug-likeness (QED) is 0.0406. The van der Waals surface area contributed by atoms with Crippen molar-refractivity contribution in [3.63, 3.8) is 0 Å². The molecule has 3 aliphatic rings. The Balaban J connectivity index is 1.19. The van der Waals surface area contributed by atoms with Crippen LogP contribution in [0.1, 0.15) is 12.5 Å². The summed E-state index contributed by atoms with van der Waals surface area (Å²) in [4.78, 5) is 26.9. The van der Waals surface area contributed by atoms with Crippen LogP contribution in [-0.4, -0.2) is 178 Å². The minimum Gasteiger partial charge on any atom is -0.508 e. The molecule has 0 aliphatic carbocycles. The van der Waals surface area contributed by atoms with Crippen LogP contribution >= 0.6 is 0 Å². The van der Waals surface area contributed by atoms with Crippen molar-refractivity contribution in [3.8, 4) is 45.8 Å². The number of rotatable bonds is 12. The smallest absolute Gasteiger partial charge is 0.330 e. The summed E-state index contributed by atoms with van der Waals surface area (Å²) in [5.74, 6) is -4.66. The Kier molecular flexibility index (Phi) is 14.2. The number of hydrogen-bond acceptors (Lipinski definition) is 23. The zero-order valence-electron chi connectivity index (χ0n) is 33.8. The summed E-state index contributed by atoms with van der Waals surface area (Å²) in [7, 11) is 0. The first kappa shape index (κ1) is 47.3. The lowest BCUT2D eigenvalue weighted by Gasteiger charge is -2.45. The second kappa shape index (κ2) is 19.4.